The molecule has 1 aromatic heterocycles. The molecule has 2 aromatic rings. The lowest BCUT2D eigenvalue weighted by atomic mass is 9.94. The van der Waals surface area contributed by atoms with E-state index in [0.717, 1.165) is 36.7 Å². The van der Waals surface area contributed by atoms with Crippen molar-refractivity contribution in [1.29, 1.82) is 0 Å². The van der Waals surface area contributed by atoms with Crippen molar-refractivity contribution in [2.75, 3.05) is 6.54 Å². The Labute approximate surface area is 123 Å². The van der Waals surface area contributed by atoms with Crippen molar-refractivity contribution in [1.82, 2.24) is 15.3 Å². The minimum Gasteiger partial charge on any atom is -0.388 e. The smallest absolute Gasteiger partial charge is 0.251 e. The molecule has 1 amide bonds. The van der Waals surface area contributed by atoms with E-state index in [1.807, 2.05) is 6.07 Å². The van der Waals surface area contributed by atoms with Crippen LogP contribution in [0.1, 0.15) is 48.9 Å². The number of rotatable bonds is 3. The Morgan fingerprint density at radius 2 is 2.05 bits per heavy atom. The highest BCUT2D eigenvalue weighted by Crippen LogP contribution is 2.26. The maximum atomic E-state index is 12.2. The van der Waals surface area contributed by atoms with E-state index in [-0.39, 0.29) is 5.91 Å². The average molecular weight is 287 g/mol. The summed E-state index contributed by atoms with van der Waals surface area (Å²) in [5.41, 5.74) is 1.53. The molecule has 1 saturated carbocycles. The van der Waals surface area contributed by atoms with Crippen molar-refractivity contribution in [3.05, 3.63) is 30.1 Å². The summed E-state index contributed by atoms with van der Waals surface area (Å²) in [6, 6.07) is 5.37. The second kappa shape index (κ2) is 5.85. The van der Waals surface area contributed by atoms with Gasteiger partial charge in [-0.3, -0.25) is 4.79 Å². The zero-order valence-electron chi connectivity index (χ0n) is 12.1. The second-order valence-corrected chi connectivity index (χ2v) is 5.96. The summed E-state index contributed by atoms with van der Waals surface area (Å²) < 4.78 is 0. The van der Waals surface area contributed by atoms with Crippen molar-refractivity contribution < 1.29 is 9.90 Å². The molecule has 21 heavy (non-hydrogen) atoms. The van der Waals surface area contributed by atoms with Gasteiger partial charge in [0.05, 0.1) is 23.0 Å². The van der Waals surface area contributed by atoms with Crippen LogP contribution in [0.2, 0.25) is 0 Å². The fourth-order valence-corrected chi connectivity index (χ4v) is 2.99. The Hall–Kier alpha value is -1.88. The number of aromatic amines is 1. The van der Waals surface area contributed by atoms with Gasteiger partial charge in [-0.05, 0) is 31.0 Å². The molecule has 0 bridgehead atoms. The number of hydrogen-bond acceptors (Lipinski definition) is 3. The van der Waals surface area contributed by atoms with Crippen molar-refractivity contribution in [2.24, 2.45) is 0 Å². The number of imidazole rings is 1. The molecule has 5 heteroatoms. The van der Waals surface area contributed by atoms with Crippen LogP contribution in [-0.4, -0.2) is 33.1 Å². The number of nitrogens with zero attached hydrogens (tertiary/aromatic N) is 1. The number of carbonyl (C=O) groups excluding carboxylic acids is 1. The summed E-state index contributed by atoms with van der Waals surface area (Å²) in [7, 11) is 0. The summed E-state index contributed by atoms with van der Waals surface area (Å²) in [5.74, 6) is -0.149. The summed E-state index contributed by atoms with van der Waals surface area (Å²) >= 11 is 0. The number of aliphatic hydroxyl groups is 1. The van der Waals surface area contributed by atoms with Crippen molar-refractivity contribution in [3.8, 4) is 0 Å². The Morgan fingerprint density at radius 1 is 1.29 bits per heavy atom. The van der Waals surface area contributed by atoms with Crippen LogP contribution in [0.5, 0.6) is 0 Å². The van der Waals surface area contributed by atoms with Gasteiger partial charge in [0, 0.05) is 12.1 Å². The molecule has 1 aliphatic rings. The van der Waals surface area contributed by atoms with Gasteiger partial charge in [0.1, 0.15) is 0 Å². The topological polar surface area (TPSA) is 78.0 Å². The summed E-state index contributed by atoms with van der Waals surface area (Å²) in [6.07, 6.45) is 7.57. The minimum atomic E-state index is -0.746. The molecule has 3 rings (SSSR count). The Kier molecular flexibility index (Phi) is 3.92. The average Bonchev–Trinajstić information content (AvgIpc) is 2.85. The SMILES string of the molecule is O=C(NCC1(O)CCCCCC1)c1ccc2nc[nH]c2c1. The molecule has 1 aliphatic carbocycles. The highest BCUT2D eigenvalue weighted by atomic mass is 16.3. The van der Waals surface area contributed by atoms with Crippen molar-refractivity contribution >= 4 is 16.9 Å². The van der Waals surface area contributed by atoms with Crippen LogP contribution >= 0.6 is 0 Å². The van der Waals surface area contributed by atoms with Gasteiger partial charge in [-0.2, -0.15) is 0 Å². The predicted octanol–water partition coefficient (Wildman–Crippen LogP) is 2.38. The Bertz CT molecular complexity index is 627. The van der Waals surface area contributed by atoms with Gasteiger partial charge in [0.2, 0.25) is 0 Å². The number of H-pyrrole nitrogens is 1. The molecule has 5 nitrogen and oxygen atoms in total. The number of amides is 1. The molecule has 1 aromatic carbocycles. The van der Waals surface area contributed by atoms with Gasteiger partial charge >= 0.3 is 0 Å². The van der Waals surface area contributed by atoms with Crippen molar-refractivity contribution in [3.63, 3.8) is 0 Å². The van der Waals surface area contributed by atoms with Crippen LogP contribution in [0.15, 0.2) is 24.5 Å². The lowest BCUT2D eigenvalue weighted by Crippen LogP contribution is -2.42. The van der Waals surface area contributed by atoms with Crippen LogP contribution < -0.4 is 5.32 Å². The van der Waals surface area contributed by atoms with E-state index in [9.17, 15) is 9.90 Å². The molecule has 0 unspecified atom stereocenters. The van der Waals surface area contributed by atoms with Gasteiger partial charge in [-0.25, -0.2) is 4.98 Å². The standard InChI is InChI=1S/C16H21N3O2/c20-15(12-5-6-13-14(9-12)19-11-18-13)17-10-16(21)7-3-1-2-4-8-16/h5-6,9,11,21H,1-4,7-8,10H2,(H,17,20)(H,18,19). The number of fused-ring (bicyclic) bond motifs is 1. The second-order valence-electron chi connectivity index (χ2n) is 5.96. The Morgan fingerprint density at radius 3 is 2.81 bits per heavy atom. The Balaban J connectivity index is 1.65. The molecule has 0 aliphatic heterocycles. The quantitative estimate of drug-likeness (QED) is 0.758. The zero-order valence-corrected chi connectivity index (χ0v) is 12.1. The first kappa shape index (κ1) is 14.1. The lowest BCUT2D eigenvalue weighted by Gasteiger charge is -2.26. The molecule has 0 atom stereocenters. The van der Waals surface area contributed by atoms with E-state index >= 15 is 0 Å². The van der Waals surface area contributed by atoms with E-state index < -0.39 is 5.60 Å². The maximum Gasteiger partial charge on any atom is 0.251 e. The third-order valence-electron chi connectivity index (χ3n) is 4.29. The molecule has 1 heterocycles. The number of benzene rings is 1. The fourth-order valence-electron chi connectivity index (χ4n) is 2.99. The predicted molar refractivity (Wildman–Crippen MR) is 81.1 cm³/mol. The highest BCUT2D eigenvalue weighted by Gasteiger charge is 2.28. The van der Waals surface area contributed by atoms with Gasteiger partial charge in [-0.15, -0.1) is 0 Å². The van der Waals surface area contributed by atoms with Crippen molar-refractivity contribution in [2.45, 2.75) is 44.1 Å². The third kappa shape index (κ3) is 3.24. The first-order valence-corrected chi connectivity index (χ1v) is 7.60. The summed E-state index contributed by atoms with van der Waals surface area (Å²) in [4.78, 5) is 19.4. The van der Waals surface area contributed by atoms with E-state index in [2.05, 4.69) is 15.3 Å². The van der Waals surface area contributed by atoms with E-state index in [1.165, 1.54) is 12.8 Å². The number of hydrogen-bond donors (Lipinski definition) is 3. The molecule has 0 spiro atoms. The molecule has 3 N–H and O–H groups in total. The first-order valence-electron chi connectivity index (χ1n) is 7.60. The summed E-state index contributed by atoms with van der Waals surface area (Å²) in [6.45, 7) is 0.326. The first-order chi connectivity index (χ1) is 10.2. The zero-order chi connectivity index (χ0) is 14.7. The van der Waals surface area contributed by atoms with E-state index in [4.69, 9.17) is 0 Å². The van der Waals surface area contributed by atoms with Crippen LogP contribution in [-0.2, 0) is 0 Å². The van der Waals surface area contributed by atoms with Gasteiger partial charge in [0.15, 0.2) is 0 Å². The number of carbonyl (C=O) groups is 1. The van der Waals surface area contributed by atoms with E-state index in [0.29, 0.717) is 12.1 Å². The lowest BCUT2D eigenvalue weighted by molar-refractivity contribution is 0.0246. The van der Waals surface area contributed by atoms with E-state index in [1.54, 1.807) is 18.5 Å². The molecule has 0 radical (unpaired) electrons. The third-order valence-corrected chi connectivity index (χ3v) is 4.29. The van der Waals surface area contributed by atoms with Crippen LogP contribution in [0.25, 0.3) is 11.0 Å². The molecular weight excluding hydrogens is 266 g/mol. The van der Waals surface area contributed by atoms with Gasteiger partial charge in [0.25, 0.3) is 5.91 Å². The normalized spacial score (nSPS) is 18.3. The molecule has 0 saturated heterocycles. The van der Waals surface area contributed by atoms with Gasteiger partial charge < -0.3 is 15.4 Å². The number of aromatic nitrogens is 2. The van der Waals surface area contributed by atoms with Crippen LogP contribution in [0.4, 0.5) is 0 Å². The number of nitrogens with one attached hydrogen (secondary N) is 2. The minimum absolute atomic E-state index is 0.149. The monoisotopic (exact) mass is 287 g/mol. The van der Waals surface area contributed by atoms with Gasteiger partial charge in [-0.1, -0.05) is 25.7 Å². The molecular formula is C16H21N3O2. The highest BCUT2D eigenvalue weighted by molar-refractivity contribution is 5.97. The summed E-state index contributed by atoms with van der Waals surface area (Å²) in [5, 5.41) is 13.4. The molecule has 1 fully saturated rings. The van der Waals surface area contributed by atoms with Crippen LogP contribution in [0, 0.1) is 0 Å². The fraction of sp³-hybridized carbons (Fsp3) is 0.500. The molecule has 112 valence electrons. The largest absolute Gasteiger partial charge is 0.388 e. The van der Waals surface area contributed by atoms with Crippen LogP contribution in [0.3, 0.4) is 0 Å². The maximum absolute atomic E-state index is 12.2.